The fourth-order valence-electron chi connectivity index (χ4n) is 2.26. The highest BCUT2D eigenvalue weighted by atomic mass is 32.2. The van der Waals surface area contributed by atoms with Gasteiger partial charge >= 0.3 is 11.9 Å². The molecule has 0 heterocycles. The van der Waals surface area contributed by atoms with Gasteiger partial charge in [0.2, 0.25) is 10.0 Å². The summed E-state index contributed by atoms with van der Waals surface area (Å²) in [5, 5.41) is 2.38. The van der Waals surface area contributed by atoms with Crippen LogP contribution >= 0.6 is 0 Å². The number of carbonyl (C=O) groups is 2. The van der Waals surface area contributed by atoms with Crippen LogP contribution in [0.4, 0.5) is 5.69 Å². The second-order valence-electron chi connectivity index (χ2n) is 5.81. The third-order valence-electron chi connectivity index (χ3n) is 3.73. The van der Waals surface area contributed by atoms with Crippen molar-refractivity contribution in [3.63, 3.8) is 0 Å². The van der Waals surface area contributed by atoms with E-state index in [2.05, 4.69) is 10.1 Å². The molecule has 0 bridgehead atoms. The van der Waals surface area contributed by atoms with Gasteiger partial charge in [0, 0.05) is 18.8 Å². The summed E-state index contributed by atoms with van der Waals surface area (Å²) in [5.74, 6) is -1.87. The Morgan fingerprint density at radius 1 is 1.00 bits per heavy atom. The number of rotatable bonds is 10. The standard InChI is InChI=1S/C18H28N2O5S/c1-4-7-13-20(14-8-5-2)26(23,24)16-11-9-15(10-12-16)19-17(21)18(22)25-6-3/h9-12H,4-8,13-14H2,1-3H3,(H,19,21). The number of amides is 1. The third-order valence-corrected chi connectivity index (χ3v) is 5.65. The van der Waals surface area contributed by atoms with Crippen LogP contribution in [0.2, 0.25) is 0 Å². The highest BCUT2D eigenvalue weighted by Gasteiger charge is 2.23. The van der Waals surface area contributed by atoms with Crippen molar-refractivity contribution in [2.45, 2.75) is 51.3 Å². The number of esters is 1. The maximum Gasteiger partial charge on any atom is 0.397 e. The van der Waals surface area contributed by atoms with Gasteiger partial charge in [-0.3, -0.25) is 4.79 Å². The lowest BCUT2D eigenvalue weighted by Gasteiger charge is -2.22. The number of anilines is 1. The maximum absolute atomic E-state index is 12.8. The normalized spacial score (nSPS) is 11.4. The Morgan fingerprint density at radius 2 is 1.54 bits per heavy atom. The highest BCUT2D eigenvalue weighted by Crippen LogP contribution is 2.19. The van der Waals surface area contributed by atoms with Gasteiger partial charge in [-0.05, 0) is 44.0 Å². The molecule has 146 valence electrons. The van der Waals surface area contributed by atoms with Crippen LogP contribution < -0.4 is 5.32 Å². The van der Waals surface area contributed by atoms with Crippen molar-refractivity contribution in [3.8, 4) is 0 Å². The molecule has 0 aliphatic rings. The fourth-order valence-corrected chi connectivity index (χ4v) is 3.78. The minimum Gasteiger partial charge on any atom is -0.459 e. The Labute approximate surface area is 155 Å². The first-order valence-corrected chi connectivity index (χ1v) is 10.4. The van der Waals surface area contributed by atoms with E-state index in [-0.39, 0.29) is 11.5 Å². The lowest BCUT2D eigenvalue weighted by molar-refractivity contribution is -0.152. The van der Waals surface area contributed by atoms with Gasteiger partial charge in [-0.25, -0.2) is 13.2 Å². The van der Waals surface area contributed by atoms with Crippen LogP contribution in [0.5, 0.6) is 0 Å². The fraction of sp³-hybridized carbons (Fsp3) is 0.556. The molecular formula is C18H28N2O5S. The number of hydrogen-bond acceptors (Lipinski definition) is 5. The summed E-state index contributed by atoms with van der Waals surface area (Å²) < 4.78 is 31.8. The van der Waals surface area contributed by atoms with Gasteiger partial charge < -0.3 is 10.1 Å². The smallest absolute Gasteiger partial charge is 0.397 e. The van der Waals surface area contributed by atoms with Gasteiger partial charge in [-0.15, -0.1) is 0 Å². The quantitative estimate of drug-likeness (QED) is 0.495. The first-order chi connectivity index (χ1) is 12.4. The molecule has 0 aliphatic heterocycles. The molecule has 0 fully saturated rings. The lowest BCUT2D eigenvalue weighted by Crippen LogP contribution is -2.33. The molecule has 0 unspecified atom stereocenters. The second-order valence-corrected chi connectivity index (χ2v) is 7.75. The lowest BCUT2D eigenvalue weighted by atomic mass is 10.3. The predicted octanol–water partition coefficient (Wildman–Crippen LogP) is 2.78. The Hall–Kier alpha value is -1.93. The minimum absolute atomic E-state index is 0.106. The van der Waals surface area contributed by atoms with Gasteiger partial charge in [0.25, 0.3) is 0 Å². The number of nitrogens with one attached hydrogen (secondary N) is 1. The molecule has 0 aliphatic carbocycles. The molecule has 0 saturated carbocycles. The van der Waals surface area contributed by atoms with Gasteiger partial charge in [-0.2, -0.15) is 4.31 Å². The van der Waals surface area contributed by atoms with Crippen molar-refractivity contribution in [2.24, 2.45) is 0 Å². The molecule has 7 nitrogen and oxygen atoms in total. The number of unbranched alkanes of at least 4 members (excludes halogenated alkanes) is 2. The number of sulfonamides is 1. The average Bonchev–Trinajstić information content (AvgIpc) is 2.62. The highest BCUT2D eigenvalue weighted by molar-refractivity contribution is 7.89. The Morgan fingerprint density at radius 3 is 2.00 bits per heavy atom. The molecule has 0 atom stereocenters. The summed E-state index contributed by atoms with van der Waals surface area (Å²) in [6, 6.07) is 5.78. The van der Waals surface area contributed by atoms with Crippen molar-refractivity contribution in [2.75, 3.05) is 25.0 Å². The van der Waals surface area contributed by atoms with Crippen molar-refractivity contribution < 1.29 is 22.7 Å². The topological polar surface area (TPSA) is 92.8 Å². The van der Waals surface area contributed by atoms with Gasteiger partial charge in [-0.1, -0.05) is 26.7 Å². The molecule has 1 rings (SSSR count). The number of nitrogens with zero attached hydrogens (tertiary/aromatic N) is 1. The zero-order valence-electron chi connectivity index (χ0n) is 15.7. The van der Waals surface area contributed by atoms with Crippen molar-refractivity contribution in [3.05, 3.63) is 24.3 Å². The van der Waals surface area contributed by atoms with Crippen LogP contribution in [0, 0.1) is 0 Å². The van der Waals surface area contributed by atoms with Gasteiger partial charge in [0.1, 0.15) is 0 Å². The summed E-state index contributed by atoms with van der Waals surface area (Å²) in [6.07, 6.45) is 3.43. The zero-order chi connectivity index (χ0) is 19.6. The minimum atomic E-state index is -3.59. The van der Waals surface area contributed by atoms with Crippen LogP contribution in [-0.2, 0) is 24.3 Å². The van der Waals surface area contributed by atoms with E-state index in [4.69, 9.17) is 0 Å². The van der Waals surface area contributed by atoms with Gasteiger partial charge in [0.15, 0.2) is 0 Å². The maximum atomic E-state index is 12.8. The monoisotopic (exact) mass is 384 g/mol. The Balaban J connectivity index is 2.89. The molecule has 1 aromatic carbocycles. The van der Waals surface area contributed by atoms with Gasteiger partial charge in [0.05, 0.1) is 11.5 Å². The van der Waals surface area contributed by atoms with E-state index in [1.54, 1.807) is 6.92 Å². The number of hydrogen-bond donors (Lipinski definition) is 1. The molecule has 0 radical (unpaired) electrons. The largest absolute Gasteiger partial charge is 0.459 e. The Kier molecular flexibility index (Phi) is 9.29. The number of ether oxygens (including phenoxy) is 1. The van der Waals surface area contributed by atoms with E-state index in [9.17, 15) is 18.0 Å². The number of benzene rings is 1. The second kappa shape index (κ2) is 10.9. The van der Waals surface area contributed by atoms with E-state index in [1.165, 1.54) is 28.6 Å². The predicted molar refractivity (Wildman–Crippen MR) is 100 cm³/mol. The Bertz CT molecular complexity index is 678. The third kappa shape index (κ3) is 6.42. The van der Waals surface area contributed by atoms with Crippen molar-refractivity contribution in [1.82, 2.24) is 4.31 Å². The van der Waals surface area contributed by atoms with E-state index in [0.717, 1.165) is 25.7 Å². The van der Waals surface area contributed by atoms with E-state index >= 15 is 0 Å². The molecule has 1 N–H and O–H groups in total. The summed E-state index contributed by atoms with van der Waals surface area (Å²) in [6.45, 7) is 6.72. The van der Waals surface area contributed by atoms with Crippen LogP contribution in [0.25, 0.3) is 0 Å². The van der Waals surface area contributed by atoms with E-state index in [1.807, 2.05) is 13.8 Å². The van der Waals surface area contributed by atoms with Crippen LogP contribution in [0.3, 0.4) is 0 Å². The molecule has 26 heavy (non-hydrogen) atoms. The molecular weight excluding hydrogens is 356 g/mol. The molecule has 8 heteroatoms. The van der Waals surface area contributed by atoms with Crippen molar-refractivity contribution in [1.29, 1.82) is 0 Å². The van der Waals surface area contributed by atoms with Crippen molar-refractivity contribution >= 4 is 27.6 Å². The molecule has 0 saturated heterocycles. The van der Waals surface area contributed by atoms with Crippen LogP contribution in [-0.4, -0.2) is 44.3 Å². The SMILES string of the molecule is CCCCN(CCCC)S(=O)(=O)c1ccc(NC(=O)C(=O)OCC)cc1. The average molecular weight is 384 g/mol. The molecule has 1 amide bonds. The molecule has 0 aromatic heterocycles. The first kappa shape index (κ1) is 22.1. The summed E-state index contributed by atoms with van der Waals surface area (Å²) in [7, 11) is -3.59. The summed E-state index contributed by atoms with van der Waals surface area (Å²) in [5.41, 5.74) is 0.329. The van der Waals surface area contributed by atoms with E-state index < -0.39 is 21.9 Å². The number of carbonyl (C=O) groups excluding carboxylic acids is 2. The van der Waals surface area contributed by atoms with E-state index in [0.29, 0.717) is 18.8 Å². The summed E-state index contributed by atoms with van der Waals surface area (Å²) >= 11 is 0. The first-order valence-electron chi connectivity index (χ1n) is 8.95. The summed E-state index contributed by atoms with van der Waals surface area (Å²) in [4.78, 5) is 23.1. The van der Waals surface area contributed by atoms with Crippen LogP contribution in [0.15, 0.2) is 29.2 Å². The molecule has 1 aromatic rings. The molecule has 0 spiro atoms. The van der Waals surface area contributed by atoms with Crippen LogP contribution in [0.1, 0.15) is 46.5 Å². The zero-order valence-corrected chi connectivity index (χ0v) is 16.5.